The summed E-state index contributed by atoms with van der Waals surface area (Å²) < 4.78 is 0. The third kappa shape index (κ3) is 8.12. The number of nitrogens with zero attached hydrogens (tertiary/aromatic N) is 1. The first-order valence-corrected chi connectivity index (χ1v) is 15.8. The molecule has 1 heteroatoms. The Labute approximate surface area is 255 Å². The van der Waals surface area contributed by atoms with Crippen LogP contribution in [0, 0.1) is 30.1 Å². The van der Waals surface area contributed by atoms with Crippen LogP contribution < -0.4 is 0 Å². The van der Waals surface area contributed by atoms with E-state index in [2.05, 4.69) is 120 Å². The molecule has 0 heterocycles. The quantitative estimate of drug-likeness (QED) is 0.118. The molecule has 1 aliphatic rings. The van der Waals surface area contributed by atoms with E-state index in [4.69, 9.17) is 5.26 Å². The summed E-state index contributed by atoms with van der Waals surface area (Å²) in [5, 5.41) is 9.15. The van der Waals surface area contributed by atoms with Gasteiger partial charge in [-0.25, -0.2) is 0 Å². The summed E-state index contributed by atoms with van der Waals surface area (Å²) >= 11 is 0. The van der Waals surface area contributed by atoms with E-state index in [1.54, 1.807) is 0 Å². The first-order chi connectivity index (χ1) is 20.3. The van der Waals surface area contributed by atoms with Crippen LogP contribution in [0.4, 0.5) is 0 Å². The SMILES string of the molecule is CCc1ccc(/C(C)=C(\C)C=C=C(C)C2CCCC(Cc3cccc(C)c3/C=C(\C)c3ccc(C#N)cc3)CC2)cc1. The molecule has 0 spiro atoms. The van der Waals surface area contributed by atoms with E-state index in [1.807, 2.05) is 12.1 Å². The highest BCUT2D eigenvalue weighted by Crippen LogP contribution is 2.34. The van der Waals surface area contributed by atoms with Gasteiger partial charge in [0.25, 0.3) is 0 Å². The highest BCUT2D eigenvalue weighted by Gasteiger charge is 2.21. The minimum Gasteiger partial charge on any atom is -0.192 e. The number of hydrogen-bond acceptors (Lipinski definition) is 1. The zero-order valence-electron chi connectivity index (χ0n) is 26.6. The van der Waals surface area contributed by atoms with E-state index in [0.29, 0.717) is 17.4 Å². The summed E-state index contributed by atoms with van der Waals surface area (Å²) in [7, 11) is 0. The van der Waals surface area contributed by atoms with Gasteiger partial charge < -0.3 is 0 Å². The molecule has 0 aliphatic heterocycles. The molecule has 0 radical (unpaired) electrons. The number of allylic oxidation sites excluding steroid dienone is 4. The minimum absolute atomic E-state index is 0.624. The predicted molar refractivity (Wildman–Crippen MR) is 181 cm³/mol. The van der Waals surface area contributed by atoms with Crippen LogP contribution in [-0.4, -0.2) is 0 Å². The summed E-state index contributed by atoms with van der Waals surface area (Å²) in [6.45, 7) is 13.3. The van der Waals surface area contributed by atoms with Crippen molar-refractivity contribution in [2.75, 3.05) is 0 Å². The predicted octanol–water partition coefficient (Wildman–Crippen LogP) is 11.3. The highest BCUT2D eigenvalue weighted by atomic mass is 14.3. The maximum atomic E-state index is 9.15. The molecule has 1 fully saturated rings. The largest absolute Gasteiger partial charge is 0.192 e. The molecule has 0 bridgehead atoms. The Bertz CT molecular complexity index is 1530. The van der Waals surface area contributed by atoms with Crippen LogP contribution in [0.25, 0.3) is 17.2 Å². The summed E-state index contributed by atoms with van der Waals surface area (Å²) in [5.41, 5.74) is 17.7. The second-order valence-electron chi connectivity index (χ2n) is 12.3. The van der Waals surface area contributed by atoms with Crippen LogP contribution in [0.3, 0.4) is 0 Å². The molecule has 0 N–H and O–H groups in total. The van der Waals surface area contributed by atoms with Gasteiger partial charge in [-0.2, -0.15) is 5.26 Å². The van der Waals surface area contributed by atoms with Crippen molar-refractivity contribution in [2.45, 2.75) is 86.5 Å². The lowest BCUT2D eigenvalue weighted by Crippen LogP contribution is -2.06. The topological polar surface area (TPSA) is 23.8 Å². The zero-order valence-corrected chi connectivity index (χ0v) is 26.6. The average molecular weight is 554 g/mol. The molecule has 0 amide bonds. The van der Waals surface area contributed by atoms with Gasteiger partial charge in [0.15, 0.2) is 0 Å². The summed E-state index contributed by atoms with van der Waals surface area (Å²) in [5.74, 6) is 1.34. The third-order valence-corrected chi connectivity index (χ3v) is 9.36. The molecule has 2 atom stereocenters. The Morgan fingerprint density at radius 3 is 2.26 bits per heavy atom. The maximum absolute atomic E-state index is 9.15. The lowest BCUT2D eigenvalue weighted by Gasteiger charge is -2.18. The van der Waals surface area contributed by atoms with Crippen molar-refractivity contribution in [3.05, 3.63) is 129 Å². The van der Waals surface area contributed by atoms with Crippen molar-refractivity contribution < 1.29 is 0 Å². The fourth-order valence-electron chi connectivity index (χ4n) is 6.23. The fourth-order valence-corrected chi connectivity index (χ4v) is 6.23. The van der Waals surface area contributed by atoms with Crippen LogP contribution in [-0.2, 0) is 12.8 Å². The maximum Gasteiger partial charge on any atom is 0.0991 e. The van der Waals surface area contributed by atoms with Crippen LogP contribution in [0.15, 0.2) is 89.7 Å². The van der Waals surface area contributed by atoms with Crippen molar-refractivity contribution in [3.63, 3.8) is 0 Å². The molecule has 3 aromatic rings. The Morgan fingerprint density at radius 2 is 1.57 bits per heavy atom. The van der Waals surface area contributed by atoms with Crippen LogP contribution in [0.2, 0.25) is 0 Å². The van der Waals surface area contributed by atoms with Crippen molar-refractivity contribution in [3.8, 4) is 6.07 Å². The monoisotopic (exact) mass is 553 g/mol. The van der Waals surface area contributed by atoms with E-state index in [0.717, 1.165) is 12.8 Å². The molecule has 1 nitrogen and oxygen atoms in total. The summed E-state index contributed by atoms with van der Waals surface area (Å²) in [4.78, 5) is 0. The van der Waals surface area contributed by atoms with Gasteiger partial charge >= 0.3 is 0 Å². The van der Waals surface area contributed by atoms with Gasteiger partial charge in [-0.1, -0.05) is 80.4 Å². The first-order valence-electron chi connectivity index (χ1n) is 15.8. The first kappa shape index (κ1) is 31.1. The number of benzene rings is 3. The number of nitriles is 1. The van der Waals surface area contributed by atoms with E-state index in [-0.39, 0.29) is 0 Å². The summed E-state index contributed by atoms with van der Waals surface area (Å²) in [6, 6.07) is 25.9. The Morgan fingerprint density at radius 1 is 0.857 bits per heavy atom. The molecule has 42 heavy (non-hydrogen) atoms. The molecule has 2 unspecified atom stereocenters. The van der Waals surface area contributed by atoms with E-state index >= 15 is 0 Å². The molecule has 0 saturated heterocycles. The number of rotatable bonds is 8. The van der Waals surface area contributed by atoms with E-state index in [1.165, 1.54) is 87.8 Å². The third-order valence-electron chi connectivity index (χ3n) is 9.36. The molecule has 216 valence electrons. The number of hydrogen-bond donors (Lipinski definition) is 0. The lowest BCUT2D eigenvalue weighted by atomic mass is 9.87. The van der Waals surface area contributed by atoms with Gasteiger partial charge in [-0.05, 0) is 152 Å². The standard InChI is InChI=1S/C41H47N/c1-7-34-16-24-39(25-17-34)33(6)29(2)14-15-30(3)37-12-9-11-35(18-21-37)27-40-13-8-10-31(4)41(40)26-32(5)38-22-19-36(28-42)20-23-38/h8,10,13-14,16-17,19-20,22-26,35,37H,7,9,11-12,18,21,27H2,1-6H3/b32-26+,33-29+. The Balaban J connectivity index is 1.44. The second kappa shape index (κ2) is 14.9. The van der Waals surface area contributed by atoms with Crippen molar-refractivity contribution in [1.82, 2.24) is 0 Å². The number of aryl methyl sites for hydroxylation is 2. The van der Waals surface area contributed by atoms with E-state index < -0.39 is 0 Å². The fraction of sp³-hybridized carbons (Fsp3) is 0.366. The molecule has 1 saturated carbocycles. The van der Waals surface area contributed by atoms with Crippen molar-refractivity contribution >= 4 is 17.2 Å². The average Bonchev–Trinajstić information content (AvgIpc) is 3.26. The van der Waals surface area contributed by atoms with Gasteiger partial charge in [0.05, 0.1) is 11.6 Å². The van der Waals surface area contributed by atoms with E-state index in [9.17, 15) is 0 Å². The molecule has 0 aromatic heterocycles. The van der Waals surface area contributed by atoms with Gasteiger partial charge in [-0.3, -0.25) is 0 Å². The van der Waals surface area contributed by atoms with Crippen molar-refractivity contribution in [2.24, 2.45) is 11.8 Å². The summed E-state index contributed by atoms with van der Waals surface area (Å²) in [6.07, 6.45) is 13.1. The molecule has 4 rings (SSSR count). The normalized spacial score (nSPS) is 17.9. The molecule has 3 aromatic carbocycles. The minimum atomic E-state index is 0.624. The molecular weight excluding hydrogens is 506 g/mol. The van der Waals surface area contributed by atoms with Crippen molar-refractivity contribution in [1.29, 1.82) is 5.26 Å². The molecular formula is C41H47N. The highest BCUT2D eigenvalue weighted by molar-refractivity contribution is 5.82. The van der Waals surface area contributed by atoms with Crippen LogP contribution >= 0.6 is 0 Å². The van der Waals surface area contributed by atoms with Crippen LogP contribution in [0.5, 0.6) is 0 Å². The zero-order chi connectivity index (χ0) is 30.1. The molecule has 1 aliphatic carbocycles. The lowest BCUT2D eigenvalue weighted by molar-refractivity contribution is 0.448. The van der Waals surface area contributed by atoms with Crippen LogP contribution in [0.1, 0.15) is 106 Å². The second-order valence-corrected chi connectivity index (χ2v) is 12.3. The van der Waals surface area contributed by atoms with Gasteiger partial charge in [0.1, 0.15) is 0 Å². The van der Waals surface area contributed by atoms with Gasteiger partial charge in [0, 0.05) is 0 Å². The Kier molecular flexibility index (Phi) is 11.0. The smallest absolute Gasteiger partial charge is 0.0991 e. The van der Waals surface area contributed by atoms with Gasteiger partial charge in [-0.15, -0.1) is 5.73 Å². The van der Waals surface area contributed by atoms with Gasteiger partial charge in [0.2, 0.25) is 0 Å². The Hall–Kier alpha value is -3.85.